The summed E-state index contributed by atoms with van der Waals surface area (Å²) in [5, 5.41) is 49.3. The first-order chi connectivity index (χ1) is 27.3. The third-order valence-electron chi connectivity index (χ3n) is 9.83. The first kappa shape index (κ1) is 53.3. The number of phosphoric ester groups is 1. The van der Waals surface area contributed by atoms with Crippen molar-refractivity contribution in [3.05, 3.63) is 24.3 Å². The normalized spacial score (nSPS) is 21.5. The van der Waals surface area contributed by atoms with Crippen molar-refractivity contribution in [3.63, 3.8) is 0 Å². The van der Waals surface area contributed by atoms with Crippen molar-refractivity contribution in [3.8, 4) is 0 Å². The first-order valence-corrected chi connectivity index (χ1v) is 23.0. The van der Waals surface area contributed by atoms with E-state index in [0.717, 1.165) is 44.4 Å². The predicted octanol–water partition coefficient (Wildman–Crippen LogP) is 6.96. The number of esters is 2. The summed E-state index contributed by atoms with van der Waals surface area (Å²) in [6.45, 7) is 4.24. The standard InChI is InChI=1S/C42H77O14P/c1-4-5-16-22-34(44)26-27-39-37(38(46)28-42(49)56-39)23-18-14-15-20-25-41(48)55-36(32-54-57(50,51)53-30-35(45)29-43)31-52-40(47)24-19-13-11-9-7-6-8-10-12-17-21-33(2)3/h14,18,26-27,33-39,42-46,49H,4-13,15-17,19-25,28-32H2,1-3H3,(H,50,51)/b18-14-,27-26+/t34-,35-,36+,37-,38-,39+,42?/m0/s1. The third-order valence-corrected chi connectivity index (χ3v) is 10.8. The van der Waals surface area contributed by atoms with Gasteiger partial charge in [-0.3, -0.25) is 18.6 Å². The molecule has 0 aliphatic carbocycles. The van der Waals surface area contributed by atoms with Gasteiger partial charge >= 0.3 is 19.8 Å². The van der Waals surface area contributed by atoms with Gasteiger partial charge in [-0.25, -0.2) is 4.57 Å². The van der Waals surface area contributed by atoms with E-state index in [-0.39, 0.29) is 25.2 Å². The van der Waals surface area contributed by atoms with Crippen LogP contribution in [0.3, 0.4) is 0 Å². The van der Waals surface area contributed by atoms with E-state index in [1.54, 1.807) is 12.2 Å². The van der Waals surface area contributed by atoms with E-state index < -0.39 is 83.0 Å². The molecule has 0 aromatic carbocycles. The zero-order chi connectivity index (χ0) is 42.3. The highest BCUT2D eigenvalue weighted by atomic mass is 31.2. The summed E-state index contributed by atoms with van der Waals surface area (Å²) < 4.78 is 38.3. The van der Waals surface area contributed by atoms with Gasteiger partial charge in [0, 0.05) is 25.2 Å². The number of carbonyl (C=O) groups excluding carboxylic acids is 2. The van der Waals surface area contributed by atoms with Gasteiger partial charge < -0.3 is 44.6 Å². The Morgan fingerprint density at radius 2 is 1.42 bits per heavy atom. The van der Waals surface area contributed by atoms with Crippen LogP contribution in [0.15, 0.2) is 24.3 Å². The van der Waals surface area contributed by atoms with Gasteiger partial charge in [0.1, 0.15) is 12.7 Å². The number of hydrogen-bond donors (Lipinski definition) is 6. The van der Waals surface area contributed by atoms with Crippen molar-refractivity contribution < 1.29 is 67.8 Å². The Morgan fingerprint density at radius 1 is 0.807 bits per heavy atom. The monoisotopic (exact) mass is 837 g/mol. The molecule has 6 N–H and O–H groups in total. The third kappa shape index (κ3) is 29.2. The van der Waals surface area contributed by atoms with Gasteiger partial charge in [0.05, 0.1) is 38.1 Å². The molecular formula is C42H77O14P. The molecule has 1 heterocycles. The van der Waals surface area contributed by atoms with Crippen LogP contribution in [-0.2, 0) is 37.4 Å². The van der Waals surface area contributed by atoms with Crippen LogP contribution >= 0.6 is 7.82 Å². The average molecular weight is 837 g/mol. The van der Waals surface area contributed by atoms with Crippen LogP contribution in [0, 0.1) is 11.8 Å². The second-order valence-corrected chi connectivity index (χ2v) is 17.2. The molecule has 1 aliphatic heterocycles. The van der Waals surface area contributed by atoms with Crippen LogP contribution in [0.25, 0.3) is 0 Å². The zero-order valence-electron chi connectivity index (χ0n) is 35.0. The topological polar surface area (TPSA) is 219 Å². The number of rotatable bonds is 35. The summed E-state index contributed by atoms with van der Waals surface area (Å²) in [5.74, 6) is -0.687. The van der Waals surface area contributed by atoms with Crippen LogP contribution < -0.4 is 0 Å². The molecule has 0 spiro atoms. The predicted molar refractivity (Wildman–Crippen MR) is 218 cm³/mol. The lowest BCUT2D eigenvalue weighted by Gasteiger charge is -2.36. The molecule has 1 rings (SSSR count). The Balaban J connectivity index is 2.54. The maximum absolute atomic E-state index is 12.7. The number of aliphatic hydroxyl groups is 5. The van der Waals surface area contributed by atoms with Crippen LogP contribution in [0.2, 0.25) is 0 Å². The van der Waals surface area contributed by atoms with E-state index in [1.165, 1.54) is 44.9 Å². The average Bonchev–Trinajstić information content (AvgIpc) is 3.16. The molecule has 0 radical (unpaired) electrons. The molecule has 15 heteroatoms. The summed E-state index contributed by atoms with van der Waals surface area (Å²) >= 11 is 0. The summed E-state index contributed by atoms with van der Waals surface area (Å²) in [6, 6.07) is 0. The second kappa shape index (κ2) is 33.1. The van der Waals surface area contributed by atoms with Crippen LogP contribution in [0.5, 0.6) is 0 Å². The maximum Gasteiger partial charge on any atom is 0.472 e. The zero-order valence-corrected chi connectivity index (χ0v) is 35.9. The van der Waals surface area contributed by atoms with E-state index in [2.05, 4.69) is 25.3 Å². The van der Waals surface area contributed by atoms with Crippen molar-refractivity contribution in [2.75, 3.05) is 26.4 Å². The summed E-state index contributed by atoms with van der Waals surface area (Å²) in [5.41, 5.74) is 0. The van der Waals surface area contributed by atoms with Gasteiger partial charge in [0.25, 0.3) is 0 Å². The number of phosphoric acid groups is 1. The fourth-order valence-corrected chi connectivity index (χ4v) is 7.18. The fourth-order valence-electron chi connectivity index (χ4n) is 6.39. The molecule has 8 atom stereocenters. The van der Waals surface area contributed by atoms with Crippen LogP contribution in [-0.4, -0.2) is 106 Å². The molecular weight excluding hydrogens is 759 g/mol. The minimum atomic E-state index is -4.69. The highest BCUT2D eigenvalue weighted by Crippen LogP contribution is 2.43. The minimum absolute atomic E-state index is 0.00839. The molecule has 1 fully saturated rings. The molecule has 0 saturated carbocycles. The molecule has 0 amide bonds. The van der Waals surface area contributed by atoms with Crippen molar-refractivity contribution in [2.24, 2.45) is 11.8 Å². The summed E-state index contributed by atoms with van der Waals surface area (Å²) in [4.78, 5) is 35.2. The molecule has 0 bridgehead atoms. The molecule has 1 saturated heterocycles. The minimum Gasteiger partial charge on any atom is -0.462 e. The molecule has 14 nitrogen and oxygen atoms in total. The Kier molecular flexibility index (Phi) is 30.9. The van der Waals surface area contributed by atoms with Crippen LogP contribution in [0.4, 0.5) is 0 Å². The summed E-state index contributed by atoms with van der Waals surface area (Å²) in [6.07, 6.45) is 19.2. The van der Waals surface area contributed by atoms with Crippen molar-refractivity contribution in [1.29, 1.82) is 0 Å². The van der Waals surface area contributed by atoms with Gasteiger partial charge in [-0.15, -0.1) is 0 Å². The number of ether oxygens (including phenoxy) is 3. The largest absolute Gasteiger partial charge is 0.472 e. The van der Waals surface area contributed by atoms with E-state index in [0.29, 0.717) is 32.1 Å². The number of unbranched alkanes of at least 4 members (excludes halogenated alkanes) is 12. The van der Waals surface area contributed by atoms with Gasteiger partial charge in [-0.05, 0) is 38.0 Å². The lowest BCUT2D eigenvalue weighted by atomic mass is 9.87. The molecule has 0 aromatic rings. The fraction of sp³-hybridized carbons (Fsp3) is 0.857. The quantitative estimate of drug-likeness (QED) is 0.0165. The molecule has 334 valence electrons. The van der Waals surface area contributed by atoms with Gasteiger partial charge in [-0.1, -0.05) is 129 Å². The SMILES string of the molecule is CCCCC[C@H](O)/C=C/[C@H]1OC(O)C[C@H](O)[C@@H]1C/C=C\CCCC(=O)O[C@H](COC(=O)CCCCCCCCCCCCC(C)C)COP(=O)(O)OC[C@@H](O)CO. The highest BCUT2D eigenvalue weighted by molar-refractivity contribution is 7.47. The second-order valence-electron chi connectivity index (χ2n) is 15.7. The highest BCUT2D eigenvalue weighted by Gasteiger charge is 2.35. The van der Waals surface area contributed by atoms with Gasteiger partial charge in [-0.2, -0.15) is 0 Å². The Morgan fingerprint density at radius 3 is 2.07 bits per heavy atom. The summed E-state index contributed by atoms with van der Waals surface area (Å²) in [7, 11) is -4.69. The van der Waals surface area contributed by atoms with Gasteiger partial charge in [0.2, 0.25) is 0 Å². The molecule has 57 heavy (non-hydrogen) atoms. The number of carbonyl (C=O) groups is 2. The smallest absolute Gasteiger partial charge is 0.462 e. The van der Waals surface area contributed by atoms with E-state index in [4.69, 9.17) is 23.8 Å². The first-order valence-electron chi connectivity index (χ1n) is 21.5. The molecule has 1 aliphatic rings. The van der Waals surface area contributed by atoms with Gasteiger partial charge in [0.15, 0.2) is 12.4 Å². The van der Waals surface area contributed by atoms with E-state index in [9.17, 15) is 39.5 Å². The Bertz CT molecular complexity index is 1130. The lowest BCUT2D eigenvalue weighted by molar-refractivity contribution is -0.199. The van der Waals surface area contributed by atoms with Crippen molar-refractivity contribution in [1.82, 2.24) is 0 Å². The number of hydrogen-bond acceptors (Lipinski definition) is 13. The van der Waals surface area contributed by atoms with Crippen LogP contribution in [0.1, 0.15) is 156 Å². The van der Waals surface area contributed by atoms with Crippen molar-refractivity contribution >= 4 is 19.8 Å². The van der Waals surface area contributed by atoms with E-state index in [1.807, 2.05) is 12.2 Å². The van der Waals surface area contributed by atoms with Crippen molar-refractivity contribution in [2.45, 2.75) is 192 Å². The number of aliphatic hydroxyl groups excluding tert-OH is 5. The Labute approximate surface area is 342 Å². The lowest BCUT2D eigenvalue weighted by Crippen LogP contribution is -2.43. The Hall–Kier alpha value is -1.71. The molecule has 0 aromatic heterocycles. The molecule has 2 unspecified atom stereocenters. The van der Waals surface area contributed by atoms with E-state index >= 15 is 0 Å². The maximum atomic E-state index is 12.7. The number of allylic oxidation sites excluding steroid dienone is 2.